The van der Waals surface area contributed by atoms with Crippen LogP contribution >= 0.6 is 0 Å². The molecule has 0 unspecified atom stereocenters. The molecule has 0 spiro atoms. The molecule has 0 aliphatic carbocycles. The fraction of sp³-hybridized carbons (Fsp3) is 0.118. The third-order valence-electron chi connectivity index (χ3n) is 2.94. The van der Waals surface area contributed by atoms with Crippen molar-refractivity contribution in [2.24, 2.45) is 0 Å². The van der Waals surface area contributed by atoms with Crippen LogP contribution in [0.15, 0.2) is 72.3 Å². The Kier molecular flexibility index (Phi) is 4.51. The Morgan fingerprint density at radius 2 is 1.42 bits per heavy atom. The Morgan fingerprint density at radius 1 is 0.895 bits per heavy atom. The van der Waals surface area contributed by atoms with Crippen molar-refractivity contribution in [3.8, 4) is 0 Å². The number of benzene rings is 2. The quantitative estimate of drug-likeness (QED) is 0.827. The van der Waals surface area contributed by atoms with Crippen LogP contribution in [0.5, 0.6) is 0 Å². The predicted molar refractivity (Wildman–Crippen MR) is 76.0 cm³/mol. The van der Waals surface area contributed by atoms with E-state index < -0.39 is 5.97 Å². The van der Waals surface area contributed by atoms with Crippen molar-refractivity contribution < 1.29 is 9.90 Å². The average Bonchev–Trinajstić information content (AvgIpc) is 2.45. The third-order valence-corrected chi connectivity index (χ3v) is 2.94. The molecule has 0 bridgehead atoms. The van der Waals surface area contributed by atoms with Gasteiger partial charge >= 0.3 is 5.97 Å². The van der Waals surface area contributed by atoms with Crippen molar-refractivity contribution in [2.75, 3.05) is 0 Å². The number of hydrogen-bond donors (Lipinski definition) is 1. The van der Waals surface area contributed by atoms with Gasteiger partial charge in [-0.3, -0.25) is 0 Å². The summed E-state index contributed by atoms with van der Waals surface area (Å²) in [4.78, 5) is 11.3. The Hall–Kier alpha value is -2.35. The highest BCUT2D eigenvalue weighted by Gasteiger charge is 2.07. The Morgan fingerprint density at radius 3 is 1.95 bits per heavy atom. The van der Waals surface area contributed by atoms with Crippen LogP contribution in [-0.4, -0.2) is 11.1 Å². The number of carboxylic acids is 1. The molecule has 0 saturated heterocycles. The molecular weight excluding hydrogens is 236 g/mol. The van der Waals surface area contributed by atoms with Crippen molar-refractivity contribution in [2.45, 2.75) is 12.8 Å². The summed E-state index contributed by atoms with van der Waals surface area (Å²) in [6, 6.07) is 19.5. The minimum atomic E-state index is -0.847. The van der Waals surface area contributed by atoms with Crippen LogP contribution in [0.2, 0.25) is 0 Å². The Balaban J connectivity index is 2.10. The fourth-order valence-electron chi connectivity index (χ4n) is 1.91. The first kappa shape index (κ1) is 13.1. The standard InChI is InChI=1S/C17H16O2/c18-17(19)16(13-15-9-5-2-6-10-15)12-11-14-7-3-1-4-8-14/h1-10,12H,11,13H2,(H,18,19)/b16-12+. The molecular formula is C17H16O2. The van der Waals surface area contributed by atoms with E-state index in [1.54, 1.807) is 6.08 Å². The van der Waals surface area contributed by atoms with Gasteiger partial charge in [0.1, 0.15) is 0 Å². The van der Waals surface area contributed by atoms with Crippen molar-refractivity contribution >= 4 is 5.97 Å². The van der Waals surface area contributed by atoms with E-state index in [0.29, 0.717) is 18.4 Å². The number of hydrogen-bond acceptors (Lipinski definition) is 1. The minimum Gasteiger partial charge on any atom is -0.478 e. The second-order valence-electron chi connectivity index (χ2n) is 4.39. The normalized spacial score (nSPS) is 11.3. The smallest absolute Gasteiger partial charge is 0.331 e. The topological polar surface area (TPSA) is 37.3 Å². The van der Waals surface area contributed by atoms with Gasteiger partial charge in [-0.1, -0.05) is 66.7 Å². The van der Waals surface area contributed by atoms with Crippen LogP contribution in [0, 0.1) is 0 Å². The van der Waals surface area contributed by atoms with Gasteiger partial charge in [0.05, 0.1) is 0 Å². The van der Waals surface area contributed by atoms with Gasteiger partial charge in [-0.15, -0.1) is 0 Å². The van der Waals surface area contributed by atoms with E-state index in [2.05, 4.69) is 0 Å². The van der Waals surface area contributed by atoms with E-state index in [1.165, 1.54) is 0 Å². The van der Waals surface area contributed by atoms with E-state index >= 15 is 0 Å². The third kappa shape index (κ3) is 4.11. The van der Waals surface area contributed by atoms with Gasteiger partial charge < -0.3 is 5.11 Å². The van der Waals surface area contributed by atoms with Gasteiger partial charge in [0.15, 0.2) is 0 Å². The van der Waals surface area contributed by atoms with Gasteiger partial charge in [-0.2, -0.15) is 0 Å². The van der Waals surface area contributed by atoms with Gasteiger partial charge in [-0.25, -0.2) is 4.79 Å². The second kappa shape index (κ2) is 6.55. The van der Waals surface area contributed by atoms with Crippen LogP contribution in [0.3, 0.4) is 0 Å². The highest BCUT2D eigenvalue weighted by atomic mass is 16.4. The summed E-state index contributed by atoms with van der Waals surface area (Å²) in [6.45, 7) is 0. The summed E-state index contributed by atoms with van der Waals surface area (Å²) < 4.78 is 0. The van der Waals surface area contributed by atoms with Crippen LogP contribution in [-0.2, 0) is 17.6 Å². The van der Waals surface area contributed by atoms with Gasteiger partial charge in [0, 0.05) is 12.0 Å². The molecule has 96 valence electrons. The van der Waals surface area contributed by atoms with E-state index in [1.807, 2.05) is 60.7 Å². The van der Waals surface area contributed by atoms with Crippen LogP contribution in [0.1, 0.15) is 11.1 Å². The molecule has 0 saturated carbocycles. The molecule has 2 aromatic rings. The molecule has 0 aliphatic rings. The van der Waals surface area contributed by atoms with Crippen molar-refractivity contribution in [1.82, 2.24) is 0 Å². The number of carboxylic acid groups (broad SMARTS) is 1. The SMILES string of the molecule is O=C(O)/C(=C/Cc1ccccc1)Cc1ccccc1. The van der Waals surface area contributed by atoms with E-state index in [4.69, 9.17) is 0 Å². The molecule has 2 rings (SSSR count). The number of rotatable bonds is 5. The maximum atomic E-state index is 11.3. The summed E-state index contributed by atoms with van der Waals surface area (Å²) in [5.74, 6) is -0.847. The molecule has 0 radical (unpaired) electrons. The summed E-state index contributed by atoms with van der Waals surface area (Å²) in [7, 11) is 0. The maximum absolute atomic E-state index is 11.3. The fourth-order valence-corrected chi connectivity index (χ4v) is 1.91. The lowest BCUT2D eigenvalue weighted by Gasteiger charge is -2.03. The zero-order valence-corrected chi connectivity index (χ0v) is 10.6. The first-order valence-corrected chi connectivity index (χ1v) is 6.26. The minimum absolute atomic E-state index is 0.440. The summed E-state index contributed by atoms with van der Waals surface area (Å²) in [6.07, 6.45) is 2.91. The Bertz CT molecular complexity index is 556. The lowest BCUT2D eigenvalue weighted by atomic mass is 10.0. The summed E-state index contributed by atoms with van der Waals surface area (Å²) in [5, 5.41) is 9.24. The summed E-state index contributed by atoms with van der Waals surface area (Å²) >= 11 is 0. The molecule has 0 amide bonds. The first-order chi connectivity index (χ1) is 9.25. The molecule has 2 heteroatoms. The zero-order chi connectivity index (χ0) is 13.5. The van der Waals surface area contributed by atoms with Crippen LogP contribution in [0.4, 0.5) is 0 Å². The molecule has 2 nitrogen and oxygen atoms in total. The molecule has 0 atom stereocenters. The van der Waals surface area contributed by atoms with Gasteiger partial charge in [-0.05, 0) is 17.5 Å². The molecule has 0 aromatic heterocycles. The number of allylic oxidation sites excluding steroid dienone is 1. The number of aliphatic carboxylic acids is 1. The van der Waals surface area contributed by atoms with E-state index in [9.17, 15) is 9.90 Å². The molecule has 2 aromatic carbocycles. The summed E-state index contributed by atoms with van der Waals surface area (Å²) in [5.41, 5.74) is 2.58. The van der Waals surface area contributed by atoms with E-state index in [0.717, 1.165) is 11.1 Å². The first-order valence-electron chi connectivity index (χ1n) is 6.26. The Labute approximate surface area is 113 Å². The monoisotopic (exact) mass is 252 g/mol. The van der Waals surface area contributed by atoms with Crippen molar-refractivity contribution in [1.29, 1.82) is 0 Å². The lowest BCUT2D eigenvalue weighted by Crippen LogP contribution is -2.04. The van der Waals surface area contributed by atoms with Crippen LogP contribution < -0.4 is 0 Å². The average molecular weight is 252 g/mol. The molecule has 1 N–H and O–H groups in total. The largest absolute Gasteiger partial charge is 0.478 e. The predicted octanol–water partition coefficient (Wildman–Crippen LogP) is 3.48. The van der Waals surface area contributed by atoms with E-state index in [-0.39, 0.29) is 0 Å². The van der Waals surface area contributed by atoms with Crippen LogP contribution in [0.25, 0.3) is 0 Å². The molecule has 0 aliphatic heterocycles. The van der Waals surface area contributed by atoms with Crippen molar-refractivity contribution in [3.05, 3.63) is 83.4 Å². The highest BCUT2D eigenvalue weighted by Crippen LogP contribution is 2.10. The van der Waals surface area contributed by atoms with Gasteiger partial charge in [0.2, 0.25) is 0 Å². The lowest BCUT2D eigenvalue weighted by molar-refractivity contribution is -0.132. The molecule has 0 heterocycles. The molecule has 19 heavy (non-hydrogen) atoms. The molecule has 0 fully saturated rings. The number of carbonyl (C=O) groups is 1. The highest BCUT2D eigenvalue weighted by molar-refractivity contribution is 5.87. The van der Waals surface area contributed by atoms with Crippen molar-refractivity contribution in [3.63, 3.8) is 0 Å². The van der Waals surface area contributed by atoms with Gasteiger partial charge in [0.25, 0.3) is 0 Å². The second-order valence-corrected chi connectivity index (χ2v) is 4.39. The maximum Gasteiger partial charge on any atom is 0.331 e. The zero-order valence-electron chi connectivity index (χ0n) is 10.6.